The van der Waals surface area contributed by atoms with Crippen LogP contribution in [0.4, 0.5) is 0 Å². The van der Waals surface area contributed by atoms with E-state index in [0.29, 0.717) is 5.92 Å². The molecule has 15 heavy (non-hydrogen) atoms. The third kappa shape index (κ3) is 2.49. The Bertz CT molecular complexity index is 224. The summed E-state index contributed by atoms with van der Waals surface area (Å²) in [4.78, 5) is 13.9. The fraction of sp³-hybridized carbons (Fsp3) is 0.909. The van der Waals surface area contributed by atoms with Crippen LogP contribution in [0.25, 0.3) is 0 Å². The Morgan fingerprint density at radius 3 is 2.27 bits per heavy atom. The maximum atomic E-state index is 11.6. The highest BCUT2D eigenvalue weighted by Gasteiger charge is 2.49. The highest BCUT2D eigenvalue weighted by Crippen LogP contribution is 2.39. The monoisotopic (exact) mass is 213 g/mol. The number of rotatable bonds is 7. The number of amides is 1. The fourth-order valence-corrected chi connectivity index (χ4v) is 2.19. The minimum atomic E-state index is -0.508. The molecule has 88 valence electrons. The first kappa shape index (κ1) is 12.5. The molecule has 0 radical (unpaired) electrons. The van der Waals surface area contributed by atoms with Gasteiger partial charge in [-0.25, -0.2) is 0 Å². The molecule has 0 spiro atoms. The highest BCUT2D eigenvalue weighted by atomic mass is 16.1. The van der Waals surface area contributed by atoms with Gasteiger partial charge in [-0.3, -0.25) is 4.79 Å². The Morgan fingerprint density at radius 2 is 2.00 bits per heavy atom. The molecule has 0 saturated heterocycles. The number of primary amides is 1. The quantitative estimate of drug-likeness (QED) is 0.634. The predicted molar refractivity (Wildman–Crippen MR) is 61.5 cm³/mol. The van der Waals surface area contributed by atoms with Crippen molar-refractivity contribution in [1.29, 1.82) is 0 Å². The zero-order chi connectivity index (χ0) is 11.5. The van der Waals surface area contributed by atoms with Crippen molar-refractivity contribution in [3.8, 4) is 0 Å². The maximum Gasteiger partial charge on any atom is 0.239 e. The van der Waals surface area contributed by atoms with Crippen LogP contribution >= 0.6 is 0 Å². The molecule has 1 fully saturated rings. The third-order valence-electron chi connectivity index (χ3n) is 3.53. The van der Waals surface area contributed by atoms with E-state index in [-0.39, 0.29) is 5.91 Å². The van der Waals surface area contributed by atoms with E-state index in [0.717, 1.165) is 32.5 Å². The first-order valence-corrected chi connectivity index (χ1v) is 5.81. The molecule has 0 aromatic rings. The van der Waals surface area contributed by atoms with Gasteiger partial charge in [0.2, 0.25) is 5.91 Å². The number of nitrogens with one attached hydrogen (secondary N) is 1. The first-order chi connectivity index (χ1) is 7.10. The number of hydrogen-bond donors (Lipinski definition) is 2. The van der Waals surface area contributed by atoms with Gasteiger partial charge in [0.25, 0.3) is 0 Å². The lowest BCUT2D eigenvalue weighted by Crippen LogP contribution is -2.62. The fourth-order valence-electron chi connectivity index (χ4n) is 2.19. The highest BCUT2D eigenvalue weighted by molar-refractivity contribution is 5.85. The number of likely N-dealkylation sites (N-methyl/N-ethyl adjacent to an activating group) is 2. The molecule has 1 aliphatic carbocycles. The molecular formula is C11H23N3O. The Hall–Kier alpha value is -0.610. The number of carbonyl (C=O) groups excluding carboxylic acids is 1. The average Bonchev–Trinajstić information content (AvgIpc) is 3.04. The molecule has 0 aromatic heterocycles. The van der Waals surface area contributed by atoms with Crippen molar-refractivity contribution >= 4 is 5.91 Å². The van der Waals surface area contributed by atoms with Crippen LogP contribution < -0.4 is 11.1 Å². The van der Waals surface area contributed by atoms with Crippen LogP contribution in [0, 0.1) is 5.92 Å². The number of carbonyl (C=O) groups is 1. The molecule has 1 rings (SSSR count). The minimum absolute atomic E-state index is 0.209. The molecular weight excluding hydrogens is 190 g/mol. The van der Waals surface area contributed by atoms with Crippen LogP contribution in [0.1, 0.15) is 26.7 Å². The molecule has 1 unspecified atom stereocenters. The van der Waals surface area contributed by atoms with Crippen molar-refractivity contribution in [1.82, 2.24) is 10.2 Å². The second kappa shape index (κ2) is 4.94. The SMILES string of the molecule is CCN(CC)CC(NC)(C(N)=O)C1CC1. The zero-order valence-corrected chi connectivity index (χ0v) is 10.0. The van der Waals surface area contributed by atoms with E-state index in [2.05, 4.69) is 24.1 Å². The standard InChI is InChI=1S/C11H23N3O/c1-4-14(5-2)8-11(13-3,10(12)15)9-6-7-9/h9,13H,4-8H2,1-3H3,(H2,12,15). The van der Waals surface area contributed by atoms with Crippen LogP contribution in [-0.2, 0) is 4.79 Å². The summed E-state index contributed by atoms with van der Waals surface area (Å²) in [6.45, 7) is 6.87. The molecule has 4 heteroatoms. The van der Waals surface area contributed by atoms with Gasteiger partial charge < -0.3 is 16.0 Å². The Balaban J connectivity index is 2.74. The second-order valence-electron chi connectivity index (χ2n) is 4.32. The summed E-state index contributed by atoms with van der Waals surface area (Å²) in [5.41, 5.74) is 5.04. The van der Waals surface area contributed by atoms with E-state index in [9.17, 15) is 4.79 Å². The van der Waals surface area contributed by atoms with Gasteiger partial charge >= 0.3 is 0 Å². The maximum absolute atomic E-state index is 11.6. The summed E-state index contributed by atoms with van der Waals surface area (Å²) >= 11 is 0. The summed E-state index contributed by atoms with van der Waals surface area (Å²) in [5.74, 6) is 0.222. The first-order valence-electron chi connectivity index (χ1n) is 5.81. The molecule has 1 saturated carbocycles. The van der Waals surface area contributed by atoms with Crippen LogP contribution in [0.5, 0.6) is 0 Å². The van der Waals surface area contributed by atoms with Crippen molar-refractivity contribution in [2.24, 2.45) is 11.7 Å². The van der Waals surface area contributed by atoms with Gasteiger partial charge in [0.05, 0.1) is 0 Å². The van der Waals surface area contributed by atoms with E-state index >= 15 is 0 Å². The Kier molecular flexibility index (Phi) is 4.11. The molecule has 0 aliphatic heterocycles. The van der Waals surface area contributed by atoms with E-state index in [1.165, 1.54) is 0 Å². The summed E-state index contributed by atoms with van der Waals surface area (Å²) in [6.07, 6.45) is 2.23. The molecule has 0 aromatic carbocycles. The van der Waals surface area contributed by atoms with E-state index in [1.54, 1.807) is 0 Å². The van der Waals surface area contributed by atoms with Crippen LogP contribution in [-0.4, -0.2) is 43.0 Å². The summed E-state index contributed by atoms with van der Waals surface area (Å²) in [6, 6.07) is 0. The average molecular weight is 213 g/mol. The van der Waals surface area contributed by atoms with Gasteiger partial charge in [0.15, 0.2) is 0 Å². The smallest absolute Gasteiger partial charge is 0.239 e. The number of nitrogens with two attached hydrogens (primary N) is 1. The molecule has 0 heterocycles. The van der Waals surface area contributed by atoms with E-state index in [4.69, 9.17) is 5.73 Å². The molecule has 3 N–H and O–H groups in total. The largest absolute Gasteiger partial charge is 0.368 e. The van der Waals surface area contributed by atoms with Crippen LogP contribution in [0.2, 0.25) is 0 Å². The lowest BCUT2D eigenvalue weighted by molar-refractivity contribution is -0.126. The lowest BCUT2D eigenvalue weighted by atomic mass is 9.91. The predicted octanol–water partition coefficient (Wildman–Crippen LogP) is 0.182. The third-order valence-corrected chi connectivity index (χ3v) is 3.53. The van der Waals surface area contributed by atoms with Gasteiger partial charge in [-0.15, -0.1) is 0 Å². The minimum Gasteiger partial charge on any atom is -0.368 e. The van der Waals surface area contributed by atoms with Crippen LogP contribution in [0.3, 0.4) is 0 Å². The Morgan fingerprint density at radius 1 is 1.47 bits per heavy atom. The summed E-state index contributed by atoms with van der Waals surface area (Å²) in [7, 11) is 1.84. The van der Waals surface area contributed by atoms with Crippen molar-refractivity contribution in [3.05, 3.63) is 0 Å². The van der Waals surface area contributed by atoms with E-state index in [1.807, 2.05) is 7.05 Å². The molecule has 4 nitrogen and oxygen atoms in total. The zero-order valence-electron chi connectivity index (χ0n) is 10.0. The molecule has 0 bridgehead atoms. The number of hydrogen-bond acceptors (Lipinski definition) is 3. The summed E-state index contributed by atoms with van der Waals surface area (Å²) < 4.78 is 0. The molecule has 1 atom stereocenters. The molecule has 1 amide bonds. The molecule has 1 aliphatic rings. The normalized spacial score (nSPS) is 20.3. The topological polar surface area (TPSA) is 58.4 Å². The Labute approximate surface area is 92.2 Å². The summed E-state index contributed by atoms with van der Waals surface area (Å²) in [5, 5.41) is 3.16. The lowest BCUT2D eigenvalue weighted by Gasteiger charge is -2.35. The number of nitrogens with zero attached hydrogens (tertiary/aromatic N) is 1. The van der Waals surface area contributed by atoms with Crippen molar-refractivity contribution in [2.75, 3.05) is 26.7 Å². The van der Waals surface area contributed by atoms with Gasteiger partial charge in [-0.05, 0) is 38.9 Å². The van der Waals surface area contributed by atoms with Crippen molar-refractivity contribution in [2.45, 2.75) is 32.2 Å². The second-order valence-corrected chi connectivity index (χ2v) is 4.32. The van der Waals surface area contributed by atoms with Gasteiger partial charge in [0.1, 0.15) is 5.54 Å². The van der Waals surface area contributed by atoms with Gasteiger partial charge in [-0.1, -0.05) is 13.8 Å². The van der Waals surface area contributed by atoms with E-state index < -0.39 is 5.54 Å². The van der Waals surface area contributed by atoms with Gasteiger partial charge in [-0.2, -0.15) is 0 Å². The van der Waals surface area contributed by atoms with Crippen molar-refractivity contribution < 1.29 is 4.79 Å². The van der Waals surface area contributed by atoms with Crippen LogP contribution in [0.15, 0.2) is 0 Å². The van der Waals surface area contributed by atoms with Gasteiger partial charge in [0, 0.05) is 6.54 Å². The van der Waals surface area contributed by atoms with Crippen molar-refractivity contribution in [3.63, 3.8) is 0 Å².